The molecular weight excluding hydrogens is 206 g/mol. The Kier molecular flexibility index (Phi) is 3.27. The van der Waals surface area contributed by atoms with Crippen molar-refractivity contribution in [1.82, 2.24) is 4.98 Å². The molecule has 0 saturated carbocycles. The van der Waals surface area contributed by atoms with E-state index >= 15 is 0 Å². The third kappa shape index (κ3) is 2.70. The van der Waals surface area contributed by atoms with Gasteiger partial charge in [0, 0.05) is 6.92 Å². The van der Waals surface area contributed by atoms with Crippen LogP contribution in [0, 0.1) is 6.92 Å². The molecule has 15 heavy (non-hydrogen) atoms. The summed E-state index contributed by atoms with van der Waals surface area (Å²) in [5.41, 5.74) is -0.281. The normalized spacial score (nSPS) is 9.73. The quantitative estimate of drug-likeness (QED) is 0.756. The number of aryl methyl sites for hydroxylation is 1. The van der Waals surface area contributed by atoms with Gasteiger partial charge in [-0.2, -0.15) is 0 Å². The molecule has 0 spiro atoms. The van der Waals surface area contributed by atoms with Gasteiger partial charge in [0.2, 0.25) is 5.69 Å². The maximum absolute atomic E-state index is 11.2. The summed E-state index contributed by atoms with van der Waals surface area (Å²) < 4.78 is 13.6. The molecule has 0 aliphatic heterocycles. The molecule has 0 amide bonds. The van der Waals surface area contributed by atoms with E-state index in [2.05, 4.69) is 14.5 Å². The van der Waals surface area contributed by atoms with E-state index in [9.17, 15) is 9.59 Å². The van der Waals surface area contributed by atoms with E-state index in [1.165, 1.54) is 6.92 Å². The fourth-order valence-corrected chi connectivity index (χ4v) is 0.885. The lowest BCUT2D eigenvalue weighted by atomic mass is 10.5. The van der Waals surface area contributed by atoms with Gasteiger partial charge in [0.05, 0.1) is 6.61 Å². The lowest BCUT2D eigenvalue weighted by Gasteiger charge is -1.98. The minimum atomic E-state index is -1.59. The lowest BCUT2D eigenvalue weighted by molar-refractivity contribution is 0.0513. The molecule has 82 valence electrons. The van der Waals surface area contributed by atoms with Gasteiger partial charge < -0.3 is 19.0 Å². The topological polar surface area (TPSA) is 98.9 Å². The Hall–Kier alpha value is -2.05. The SMILES string of the molecule is CCOC(=O)c1nc(C)oc1OC(=O)O. The molecule has 1 aromatic heterocycles. The molecule has 0 radical (unpaired) electrons. The molecule has 1 aromatic rings. The van der Waals surface area contributed by atoms with Crippen molar-refractivity contribution in [3.05, 3.63) is 11.6 Å². The highest BCUT2D eigenvalue weighted by Crippen LogP contribution is 2.20. The summed E-state index contributed by atoms with van der Waals surface area (Å²) in [6.45, 7) is 3.22. The average Bonchev–Trinajstić information content (AvgIpc) is 2.46. The van der Waals surface area contributed by atoms with Gasteiger partial charge in [-0.25, -0.2) is 14.6 Å². The summed E-state index contributed by atoms with van der Waals surface area (Å²) in [6.07, 6.45) is -1.59. The van der Waals surface area contributed by atoms with Crippen LogP contribution in [0.15, 0.2) is 4.42 Å². The van der Waals surface area contributed by atoms with E-state index in [0.717, 1.165) is 0 Å². The summed E-state index contributed by atoms with van der Waals surface area (Å²) in [6, 6.07) is 0. The molecule has 1 N–H and O–H groups in total. The van der Waals surface area contributed by atoms with Crippen molar-refractivity contribution in [2.45, 2.75) is 13.8 Å². The van der Waals surface area contributed by atoms with Crippen LogP contribution in [-0.2, 0) is 4.74 Å². The van der Waals surface area contributed by atoms with E-state index in [0.29, 0.717) is 0 Å². The first-order chi connectivity index (χ1) is 7.04. The molecule has 1 rings (SSSR count). The predicted molar refractivity (Wildman–Crippen MR) is 45.8 cm³/mol. The van der Waals surface area contributed by atoms with Gasteiger partial charge in [-0.05, 0) is 6.92 Å². The largest absolute Gasteiger partial charge is 0.513 e. The highest BCUT2D eigenvalue weighted by Gasteiger charge is 2.23. The molecule has 0 aliphatic carbocycles. The van der Waals surface area contributed by atoms with Crippen molar-refractivity contribution in [3.63, 3.8) is 0 Å². The fourth-order valence-electron chi connectivity index (χ4n) is 0.885. The molecule has 0 bridgehead atoms. The third-order valence-corrected chi connectivity index (χ3v) is 1.35. The molecule has 7 nitrogen and oxygen atoms in total. The summed E-state index contributed by atoms with van der Waals surface area (Å²) >= 11 is 0. The molecule has 0 aliphatic rings. The van der Waals surface area contributed by atoms with Crippen LogP contribution in [0.25, 0.3) is 0 Å². The minimum absolute atomic E-state index is 0.120. The van der Waals surface area contributed by atoms with Gasteiger partial charge in [0.25, 0.3) is 0 Å². The summed E-state index contributed by atoms with van der Waals surface area (Å²) in [7, 11) is 0. The Morgan fingerprint density at radius 2 is 2.20 bits per heavy atom. The van der Waals surface area contributed by atoms with Gasteiger partial charge in [-0.15, -0.1) is 0 Å². The molecule has 0 fully saturated rings. The van der Waals surface area contributed by atoms with Crippen LogP contribution in [-0.4, -0.2) is 28.8 Å². The van der Waals surface area contributed by atoms with E-state index in [-0.39, 0.29) is 18.2 Å². The second kappa shape index (κ2) is 4.45. The molecule has 0 unspecified atom stereocenters. The number of rotatable bonds is 3. The van der Waals surface area contributed by atoms with Gasteiger partial charge in [0.1, 0.15) is 0 Å². The van der Waals surface area contributed by atoms with Gasteiger partial charge in [0.15, 0.2) is 5.89 Å². The summed E-state index contributed by atoms with van der Waals surface area (Å²) in [5, 5.41) is 8.35. The van der Waals surface area contributed by atoms with E-state index in [1.807, 2.05) is 0 Å². The van der Waals surface area contributed by atoms with Crippen molar-refractivity contribution >= 4 is 12.1 Å². The van der Waals surface area contributed by atoms with Crippen molar-refractivity contribution < 1.29 is 28.6 Å². The third-order valence-electron chi connectivity index (χ3n) is 1.35. The second-order valence-electron chi connectivity index (χ2n) is 2.46. The first-order valence-corrected chi connectivity index (χ1v) is 4.10. The number of carbonyl (C=O) groups is 2. The number of hydrogen-bond acceptors (Lipinski definition) is 6. The molecule has 7 heteroatoms. The molecule has 0 saturated heterocycles. The van der Waals surface area contributed by atoms with Gasteiger partial charge >= 0.3 is 18.1 Å². The van der Waals surface area contributed by atoms with Crippen LogP contribution in [0.2, 0.25) is 0 Å². The Balaban J connectivity index is 2.95. The zero-order valence-electron chi connectivity index (χ0n) is 8.14. The minimum Gasteiger partial charge on any atom is -0.461 e. The lowest BCUT2D eigenvalue weighted by Crippen LogP contribution is -2.10. The number of esters is 1. The molecule has 1 heterocycles. The van der Waals surface area contributed by atoms with Crippen LogP contribution < -0.4 is 4.74 Å². The molecule has 0 aromatic carbocycles. The summed E-state index contributed by atoms with van der Waals surface area (Å²) in [4.78, 5) is 25.1. The Bertz CT molecular complexity index is 382. The van der Waals surface area contributed by atoms with Crippen LogP contribution >= 0.6 is 0 Å². The van der Waals surface area contributed by atoms with E-state index < -0.39 is 18.1 Å². The fraction of sp³-hybridized carbons (Fsp3) is 0.375. The van der Waals surface area contributed by atoms with Gasteiger partial charge in [-0.3, -0.25) is 0 Å². The average molecular weight is 215 g/mol. The molecular formula is C8H9NO6. The van der Waals surface area contributed by atoms with Crippen molar-refractivity contribution in [3.8, 4) is 5.95 Å². The van der Waals surface area contributed by atoms with Crippen LogP contribution in [0.1, 0.15) is 23.3 Å². The highest BCUT2D eigenvalue weighted by atomic mass is 16.7. The number of nitrogens with zero attached hydrogens (tertiary/aromatic N) is 1. The smallest absolute Gasteiger partial charge is 0.461 e. The maximum Gasteiger partial charge on any atom is 0.513 e. The van der Waals surface area contributed by atoms with E-state index in [1.54, 1.807) is 6.92 Å². The predicted octanol–water partition coefficient (Wildman–Crippen LogP) is 1.22. The van der Waals surface area contributed by atoms with Crippen LogP contribution in [0.5, 0.6) is 5.95 Å². The number of aromatic nitrogens is 1. The number of oxazole rings is 1. The standard InChI is InChI=1S/C8H9NO6/c1-3-13-6(10)5-7(15-8(11)12)14-4(2)9-5/h3H2,1-2H3,(H,11,12). The first kappa shape index (κ1) is 11.0. The van der Waals surface area contributed by atoms with Crippen LogP contribution in [0.3, 0.4) is 0 Å². The zero-order chi connectivity index (χ0) is 11.4. The number of carbonyl (C=O) groups excluding carboxylic acids is 1. The van der Waals surface area contributed by atoms with Crippen molar-refractivity contribution in [2.75, 3.05) is 6.61 Å². The number of ether oxygens (including phenoxy) is 2. The van der Waals surface area contributed by atoms with Crippen molar-refractivity contribution in [2.24, 2.45) is 0 Å². The zero-order valence-corrected chi connectivity index (χ0v) is 8.14. The van der Waals surface area contributed by atoms with E-state index in [4.69, 9.17) is 9.52 Å². The highest BCUT2D eigenvalue weighted by molar-refractivity contribution is 5.90. The number of carboxylic acid groups (broad SMARTS) is 1. The maximum atomic E-state index is 11.2. The van der Waals surface area contributed by atoms with Crippen molar-refractivity contribution in [1.29, 1.82) is 0 Å². The summed E-state index contributed by atoms with van der Waals surface area (Å²) in [5.74, 6) is -1.14. The monoisotopic (exact) mass is 215 g/mol. The second-order valence-corrected chi connectivity index (χ2v) is 2.46. The Labute approximate surface area is 84.6 Å². The first-order valence-electron chi connectivity index (χ1n) is 4.10. The Morgan fingerprint density at radius 1 is 1.53 bits per heavy atom. The number of hydrogen-bond donors (Lipinski definition) is 1. The molecule has 0 atom stereocenters. The van der Waals surface area contributed by atoms with Gasteiger partial charge in [-0.1, -0.05) is 0 Å². The Morgan fingerprint density at radius 3 is 2.73 bits per heavy atom. The van der Waals surface area contributed by atoms with Crippen LogP contribution in [0.4, 0.5) is 4.79 Å².